The summed E-state index contributed by atoms with van der Waals surface area (Å²) in [6, 6.07) is 8.97. The lowest BCUT2D eigenvalue weighted by Gasteiger charge is -2.21. The van der Waals surface area contributed by atoms with Gasteiger partial charge in [-0.15, -0.1) is 0 Å². The largest absolute Gasteiger partial charge is 0.312 e. The van der Waals surface area contributed by atoms with Gasteiger partial charge in [-0.2, -0.15) is 5.10 Å². The molecule has 2 aromatic rings. The number of anilines is 1. The van der Waals surface area contributed by atoms with Crippen molar-refractivity contribution in [3.05, 3.63) is 42.5 Å². The predicted molar refractivity (Wildman–Crippen MR) is 93.7 cm³/mol. The molecule has 1 aromatic carbocycles. The summed E-state index contributed by atoms with van der Waals surface area (Å²) >= 11 is 0. The lowest BCUT2D eigenvalue weighted by molar-refractivity contribution is -0.117. The maximum atomic E-state index is 11.8. The number of carbonyl (C=O) groups excluding carboxylic acids is 1. The first kappa shape index (κ1) is 16.6. The Bertz CT molecular complexity index is 653. The van der Waals surface area contributed by atoms with E-state index in [-0.39, 0.29) is 11.9 Å². The van der Waals surface area contributed by atoms with Crippen molar-refractivity contribution in [2.75, 3.05) is 11.4 Å². The van der Waals surface area contributed by atoms with Crippen molar-refractivity contribution < 1.29 is 4.79 Å². The highest BCUT2D eigenvalue weighted by Crippen LogP contribution is 2.23. The van der Waals surface area contributed by atoms with Crippen LogP contribution in [-0.2, 0) is 11.3 Å². The Kier molecular flexibility index (Phi) is 5.25. The molecule has 1 aromatic heterocycles. The van der Waals surface area contributed by atoms with Gasteiger partial charge in [-0.05, 0) is 44.4 Å². The number of rotatable bonds is 7. The van der Waals surface area contributed by atoms with Crippen molar-refractivity contribution >= 4 is 11.6 Å². The quantitative estimate of drug-likeness (QED) is 0.849. The second-order valence-corrected chi connectivity index (χ2v) is 6.48. The van der Waals surface area contributed by atoms with Gasteiger partial charge in [0.25, 0.3) is 0 Å². The SMILES string of the molecule is C[C@H](CCn1cncn1)N[C@H](C)c1ccc(N2CCCC2=O)cc1. The number of carbonyl (C=O) groups is 1. The molecule has 2 heterocycles. The van der Waals surface area contributed by atoms with Gasteiger partial charge >= 0.3 is 0 Å². The van der Waals surface area contributed by atoms with E-state index in [4.69, 9.17) is 0 Å². The molecule has 0 radical (unpaired) electrons. The van der Waals surface area contributed by atoms with Gasteiger partial charge in [-0.25, -0.2) is 4.98 Å². The Morgan fingerprint density at radius 3 is 2.67 bits per heavy atom. The highest BCUT2D eigenvalue weighted by Gasteiger charge is 2.21. The second kappa shape index (κ2) is 7.57. The Labute approximate surface area is 142 Å². The number of nitrogens with one attached hydrogen (secondary N) is 1. The molecule has 1 fully saturated rings. The lowest BCUT2D eigenvalue weighted by Crippen LogP contribution is -2.30. The van der Waals surface area contributed by atoms with Crippen LogP contribution in [0.15, 0.2) is 36.9 Å². The summed E-state index contributed by atoms with van der Waals surface area (Å²) in [4.78, 5) is 17.6. The molecule has 2 atom stereocenters. The molecule has 6 heteroatoms. The molecule has 128 valence electrons. The van der Waals surface area contributed by atoms with E-state index in [0.29, 0.717) is 12.5 Å². The first-order chi connectivity index (χ1) is 11.6. The third-order valence-corrected chi connectivity index (χ3v) is 4.57. The van der Waals surface area contributed by atoms with Crippen LogP contribution in [-0.4, -0.2) is 33.3 Å². The number of amides is 1. The third-order valence-electron chi connectivity index (χ3n) is 4.57. The van der Waals surface area contributed by atoms with Gasteiger partial charge in [0.1, 0.15) is 12.7 Å². The maximum absolute atomic E-state index is 11.8. The Hall–Kier alpha value is -2.21. The van der Waals surface area contributed by atoms with Crippen LogP contribution in [0.4, 0.5) is 5.69 Å². The number of hydrogen-bond acceptors (Lipinski definition) is 4. The van der Waals surface area contributed by atoms with Crippen LogP contribution in [0.1, 0.15) is 44.7 Å². The van der Waals surface area contributed by atoms with Crippen LogP contribution >= 0.6 is 0 Å². The minimum absolute atomic E-state index is 0.232. The molecule has 1 N–H and O–H groups in total. The van der Waals surface area contributed by atoms with Gasteiger partial charge in [0.05, 0.1) is 0 Å². The van der Waals surface area contributed by atoms with Crippen molar-refractivity contribution in [1.29, 1.82) is 0 Å². The van der Waals surface area contributed by atoms with Gasteiger partial charge < -0.3 is 10.2 Å². The molecule has 0 saturated carbocycles. The lowest BCUT2D eigenvalue weighted by atomic mass is 10.1. The summed E-state index contributed by atoms with van der Waals surface area (Å²) in [6.45, 7) is 6.05. The average molecular weight is 327 g/mol. The van der Waals surface area contributed by atoms with E-state index in [1.165, 1.54) is 5.56 Å². The molecule has 1 saturated heterocycles. The van der Waals surface area contributed by atoms with Crippen molar-refractivity contribution in [2.24, 2.45) is 0 Å². The second-order valence-electron chi connectivity index (χ2n) is 6.48. The smallest absolute Gasteiger partial charge is 0.227 e. The standard InChI is InChI=1S/C18H25N5O/c1-14(9-11-22-13-19-12-20-22)21-15(2)16-5-7-17(8-6-16)23-10-3-4-18(23)24/h5-8,12-15,21H,3-4,9-11H2,1-2H3/t14-,15-/m1/s1. The van der Waals surface area contributed by atoms with E-state index >= 15 is 0 Å². The van der Waals surface area contributed by atoms with Crippen LogP contribution in [0.5, 0.6) is 0 Å². The van der Waals surface area contributed by atoms with Crippen molar-refractivity contribution in [3.8, 4) is 0 Å². The van der Waals surface area contributed by atoms with Gasteiger partial charge in [-0.3, -0.25) is 9.48 Å². The van der Waals surface area contributed by atoms with Gasteiger partial charge in [0.15, 0.2) is 0 Å². The zero-order valence-corrected chi connectivity index (χ0v) is 14.4. The first-order valence-corrected chi connectivity index (χ1v) is 8.62. The zero-order chi connectivity index (χ0) is 16.9. The summed E-state index contributed by atoms with van der Waals surface area (Å²) in [5, 5.41) is 7.74. The van der Waals surface area contributed by atoms with E-state index in [9.17, 15) is 4.79 Å². The molecule has 24 heavy (non-hydrogen) atoms. The zero-order valence-electron chi connectivity index (χ0n) is 14.4. The fraction of sp³-hybridized carbons (Fsp3) is 0.500. The van der Waals surface area contributed by atoms with E-state index in [1.54, 1.807) is 12.7 Å². The maximum Gasteiger partial charge on any atom is 0.227 e. The van der Waals surface area contributed by atoms with Crippen LogP contribution in [0.25, 0.3) is 0 Å². The molecule has 3 rings (SSSR count). The predicted octanol–water partition coefficient (Wildman–Crippen LogP) is 2.53. The Morgan fingerprint density at radius 2 is 2.04 bits per heavy atom. The van der Waals surface area contributed by atoms with Crippen LogP contribution < -0.4 is 10.2 Å². The molecule has 1 amide bonds. The molecular formula is C18H25N5O. The molecule has 0 spiro atoms. The van der Waals surface area contributed by atoms with E-state index in [1.807, 2.05) is 9.58 Å². The van der Waals surface area contributed by atoms with Crippen LogP contribution in [0, 0.1) is 0 Å². The summed E-state index contributed by atoms with van der Waals surface area (Å²) < 4.78 is 1.85. The number of aromatic nitrogens is 3. The molecule has 0 bridgehead atoms. The average Bonchev–Trinajstić information content (AvgIpc) is 3.24. The molecule has 1 aliphatic rings. The fourth-order valence-corrected chi connectivity index (χ4v) is 3.14. The Balaban J connectivity index is 1.52. The van der Waals surface area contributed by atoms with Crippen molar-refractivity contribution in [2.45, 2.75) is 51.7 Å². The molecule has 0 aliphatic carbocycles. The summed E-state index contributed by atoms with van der Waals surface area (Å²) in [5.74, 6) is 0.232. The molecule has 6 nitrogen and oxygen atoms in total. The van der Waals surface area contributed by atoms with E-state index in [2.05, 4.69) is 53.5 Å². The first-order valence-electron chi connectivity index (χ1n) is 8.62. The number of nitrogens with zero attached hydrogens (tertiary/aromatic N) is 4. The van der Waals surface area contributed by atoms with Gasteiger partial charge in [-0.1, -0.05) is 12.1 Å². The van der Waals surface area contributed by atoms with Gasteiger partial charge in [0, 0.05) is 37.3 Å². The number of benzene rings is 1. The van der Waals surface area contributed by atoms with E-state index < -0.39 is 0 Å². The highest BCUT2D eigenvalue weighted by molar-refractivity contribution is 5.95. The summed E-state index contributed by atoms with van der Waals surface area (Å²) in [5.41, 5.74) is 2.24. The minimum Gasteiger partial charge on any atom is -0.312 e. The topological polar surface area (TPSA) is 63.1 Å². The molecular weight excluding hydrogens is 302 g/mol. The normalized spacial score (nSPS) is 17.2. The Morgan fingerprint density at radius 1 is 1.25 bits per heavy atom. The van der Waals surface area contributed by atoms with Gasteiger partial charge in [0.2, 0.25) is 5.91 Å². The highest BCUT2D eigenvalue weighted by atomic mass is 16.2. The number of hydrogen-bond donors (Lipinski definition) is 1. The minimum atomic E-state index is 0.232. The fourth-order valence-electron chi connectivity index (χ4n) is 3.14. The van der Waals surface area contributed by atoms with E-state index in [0.717, 1.165) is 31.6 Å². The van der Waals surface area contributed by atoms with Crippen molar-refractivity contribution in [1.82, 2.24) is 20.1 Å². The monoisotopic (exact) mass is 327 g/mol. The summed E-state index contributed by atoms with van der Waals surface area (Å²) in [7, 11) is 0. The summed E-state index contributed by atoms with van der Waals surface area (Å²) in [6.07, 6.45) is 5.93. The molecule has 0 unspecified atom stereocenters. The van der Waals surface area contributed by atoms with Crippen molar-refractivity contribution in [3.63, 3.8) is 0 Å². The number of aryl methyl sites for hydroxylation is 1. The molecule has 1 aliphatic heterocycles. The van der Waals surface area contributed by atoms with Crippen LogP contribution in [0.2, 0.25) is 0 Å². The third kappa shape index (κ3) is 4.00. The van der Waals surface area contributed by atoms with Crippen LogP contribution in [0.3, 0.4) is 0 Å².